The Hall–Kier alpha value is -1.16. The minimum Gasteiger partial charge on any atom is -0.459 e. The smallest absolute Gasteiger partial charge is 0.330 e. The Morgan fingerprint density at radius 3 is 2.40 bits per heavy atom. The number of carbonyl (C=O) groups excluding carboxylic acids is 2. The van der Waals surface area contributed by atoms with Gasteiger partial charge in [0.2, 0.25) is 0 Å². The van der Waals surface area contributed by atoms with E-state index < -0.39 is 12.1 Å². The van der Waals surface area contributed by atoms with Crippen LogP contribution in [0.5, 0.6) is 0 Å². The Morgan fingerprint density at radius 2 is 1.80 bits per heavy atom. The summed E-state index contributed by atoms with van der Waals surface area (Å²) in [5.74, 6) is -0.364. The number of ether oxygens (including phenoxy) is 1. The van der Waals surface area contributed by atoms with Crippen molar-refractivity contribution in [2.24, 2.45) is 11.8 Å². The molecular formula is C16H24O4. The van der Waals surface area contributed by atoms with Crippen molar-refractivity contribution in [3.63, 3.8) is 0 Å². The summed E-state index contributed by atoms with van der Waals surface area (Å²) in [6.07, 6.45) is 7.20. The van der Waals surface area contributed by atoms with E-state index in [2.05, 4.69) is 6.58 Å². The number of esters is 1. The molecule has 0 radical (unpaired) electrons. The first-order chi connectivity index (χ1) is 9.61. The Balaban J connectivity index is 1.87. The van der Waals surface area contributed by atoms with Gasteiger partial charge in [-0.25, -0.2) is 4.79 Å². The average molecular weight is 280 g/mol. The zero-order chi connectivity index (χ0) is 14.5. The molecule has 1 N–H and O–H groups in total. The van der Waals surface area contributed by atoms with E-state index in [-0.39, 0.29) is 23.7 Å². The van der Waals surface area contributed by atoms with Crippen LogP contribution in [-0.2, 0) is 14.3 Å². The molecule has 0 saturated heterocycles. The number of hydrogen-bond acceptors (Lipinski definition) is 4. The van der Waals surface area contributed by atoms with E-state index in [0.29, 0.717) is 19.3 Å². The fourth-order valence-electron chi connectivity index (χ4n) is 3.45. The van der Waals surface area contributed by atoms with Crippen LogP contribution in [0, 0.1) is 11.8 Å². The van der Waals surface area contributed by atoms with E-state index in [0.717, 1.165) is 31.8 Å². The fourth-order valence-corrected chi connectivity index (χ4v) is 3.45. The van der Waals surface area contributed by atoms with E-state index in [9.17, 15) is 14.7 Å². The molecule has 2 saturated carbocycles. The molecule has 112 valence electrons. The van der Waals surface area contributed by atoms with Crippen LogP contribution in [0.1, 0.15) is 51.4 Å². The van der Waals surface area contributed by atoms with Crippen LogP contribution in [0.4, 0.5) is 0 Å². The first-order valence-corrected chi connectivity index (χ1v) is 7.66. The molecule has 3 atom stereocenters. The molecule has 0 amide bonds. The number of aliphatic hydroxyl groups is 1. The quantitative estimate of drug-likeness (QED) is 0.634. The second kappa shape index (κ2) is 7.02. The maximum Gasteiger partial charge on any atom is 0.330 e. The molecule has 2 aliphatic rings. The molecule has 0 bridgehead atoms. The summed E-state index contributed by atoms with van der Waals surface area (Å²) < 4.78 is 5.16. The molecule has 2 fully saturated rings. The van der Waals surface area contributed by atoms with Crippen LogP contribution >= 0.6 is 0 Å². The van der Waals surface area contributed by atoms with Crippen LogP contribution in [-0.4, -0.2) is 29.1 Å². The molecule has 0 heterocycles. The number of ketones is 1. The predicted molar refractivity (Wildman–Crippen MR) is 75.0 cm³/mol. The molecule has 2 rings (SSSR count). The van der Waals surface area contributed by atoms with Crippen molar-refractivity contribution < 1.29 is 19.4 Å². The Morgan fingerprint density at radius 1 is 1.10 bits per heavy atom. The van der Waals surface area contributed by atoms with E-state index >= 15 is 0 Å². The lowest BCUT2D eigenvalue weighted by Gasteiger charge is -2.34. The van der Waals surface area contributed by atoms with Crippen molar-refractivity contribution in [1.82, 2.24) is 0 Å². The summed E-state index contributed by atoms with van der Waals surface area (Å²) in [6.45, 7) is 3.36. The second-order valence-corrected chi connectivity index (χ2v) is 5.99. The Labute approximate surface area is 120 Å². The summed E-state index contributed by atoms with van der Waals surface area (Å²) in [6, 6.07) is 0. The summed E-state index contributed by atoms with van der Waals surface area (Å²) in [5, 5.41) is 10.2. The van der Waals surface area contributed by atoms with Crippen LogP contribution in [0.25, 0.3) is 0 Å². The van der Waals surface area contributed by atoms with Gasteiger partial charge < -0.3 is 9.84 Å². The van der Waals surface area contributed by atoms with Crippen molar-refractivity contribution >= 4 is 11.8 Å². The number of carbonyl (C=O) groups is 2. The van der Waals surface area contributed by atoms with Gasteiger partial charge in [0.25, 0.3) is 0 Å². The van der Waals surface area contributed by atoms with Gasteiger partial charge in [-0.05, 0) is 25.7 Å². The third-order valence-electron chi connectivity index (χ3n) is 4.59. The van der Waals surface area contributed by atoms with E-state index in [1.54, 1.807) is 0 Å². The van der Waals surface area contributed by atoms with Crippen LogP contribution in [0.2, 0.25) is 0 Å². The average Bonchev–Trinajstić information content (AvgIpc) is 2.47. The maximum atomic E-state index is 12.5. The van der Waals surface area contributed by atoms with Gasteiger partial charge in [0.05, 0.1) is 6.10 Å². The number of aliphatic hydroxyl groups excluding tert-OH is 1. The highest BCUT2D eigenvalue weighted by molar-refractivity contribution is 5.84. The molecule has 20 heavy (non-hydrogen) atoms. The van der Waals surface area contributed by atoms with E-state index in [1.165, 1.54) is 6.42 Å². The molecule has 0 aromatic carbocycles. The second-order valence-electron chi connectivity index (χ2n) is 5.99. The topological polar surface area (TPSA) is 63.6 Å². The molecule has 0 spiro atoms. The fraction of sp³-hybridized carbons (Fsp3) is 0.750. The van der Waals surface area contributed by atoms with Crippen LogP contribution < -0.4 is 0 Å². The highest BCUT2D eigenvalue weighted by atomic mass is 16.5. The first kappa shape index (κ1) is 15.2. The van der Waals surface area contributed by atoms with Crippen molar-refractivity contribution in [3.05, 3.63) is 12.7 Å². The lowest BCUT2D eigenvalue weighted by molar-refractivity contribution is -0.149. The first-order valence-electron chi connectivity index (χ1n) is 7.66. The number of Topliss-reactive ketones (excluding diaryl/α,β-unsaturated/α-hetero) is 1. The summed E-state index contributed by atoms with van der Waals surface area (Å²) in [5.41, 5.74) is 0. The predicted octanol–water partition coefficient (Wildman–Crippen LogP) is 2.39. The largest absolute Gasteiger partial charge is 0.459 e. The van der Waals surface area contributed by atoms with Gasteiger partial charge in [0.15, 0.2) is 0 Å². The highest BCUT2D eigenvalue weighted by Crippen LogP contribution is 2.33. The normalized spacial score (nSPS) is 31.6. The van der Waals surface area contributed by atoms with Crippen molar-refractivity contribution in [1.29, 1.82) is 0 Å². The van der Waals surface area contributed by atoms with Crippen LogP contribution in [0.3, 0.4) is 0 Å². The van der Waals surface area contributed by atoms with Gasteiger partial charge in [-0.15, -0.1) is 0 Å². The van der Waals surface area contributed by atoms with Gasteiger partial charge in [0.1, 0.15) is 11.9 Å². The molecule has 0 aliphatic heterocycles. The number of hydrogen-bond donors (Lipinski definition) is 1. The Bertz CT molecular complexity index is 371. The zero-order valence-electron chi connectivity index (χ0n) is 11.9. The van der Waals surface area contributed by atoms with Gasteiger partial charge >= 0.3 is 5.97 Å². The molecular weight excluding hydrogens is 256 g/mol. The molecule has 4 heteroatoms. The lowest BCUT2D eigenvalue weighted by atomic mass is 9.74. The third-order valence-corrected chi connectivity index (χ3v) is 4.59. The van der Waals surface area contributed by atoms with Gasteiger partial charge in [-0.1, -0.05) is 25.8 Å². The van der Waals surface area contributed by atoms with Crippen molar-refractivity contribution in [2.45, 2.75) is 63.6 Å². The standard InChI is InChI=1S/C16H24O4/c1-2-15(18)20-12-8-9-13(14(17)10-12)16(19)11-6-4-3-5-7-11/h2,11-14,17H,1,3-10H2. The summed E-state index contributed by atoms with van der Waals surface area (Å²) >= 11 is 0. The lowest BCUT2D eigenvalue weighted by Crippen LogP contribution is -2.41. The van der Waals surface area contributed by atoms with Gasteiger partial charge in [0, 0.05) is 24.3 Å². The highest BCUT2D eigenvalue weighted by Gasteiger charge is 2.38. The minimum absolute atomic E-state index is 0.135. The molecule has 0 aromatic rings. The van der Waals surface area contributed by atoms with Crippen LogP contribution in [0.15, 0.2) is 12.7 Å². The zero-order valence-corrected chi connectivity index (χ0v) is 11.9. The van der Waals surface area contributed by atoms with E-state index in [1.807, 2.05) is 0 Å². The Kier molecular flexibility index (Phi) is 5.35. The maximum absolute atomic E-state index is 12.5. The van der Waals surface area contributed by atoms with Gasteiger partial charge in [-0.2, -0.15) is 0 Å². The molecule has 2 aliphatic carbocycles. The molecule has 3 unspecified atom stereocenters. The number of rotatable bonds is 4. The van der Waals surface area contributed by atoms with E-state index in [4.69, 9.17) is 4.74 Å². The third kappa shape index (κ3) is 3.69. The SMILES string of the molecule is C=CC(=O)OC1CCC(C(=O)C2CCCCC2)C(O)C1. The molecule has 4 nitrogen and oxygen atoms in total. The minimum atomic E-state index is -0.680. The molecule has 0 aromatic heterocycles. The summed E-state index contributed by atoms with van der Waals surface area (Å²) in [4.78, 5) is 23.6. The summed E-state index contributed by atoms with van der Waals surface area (Å²) in [7, 11) is 0. The van der Waals surface area contributed by atoms with Gasteiger partial charge in [-0.3, -0.25) is 4.79 Å². The van der Waals surface area contributed by atoms with Crippen molar-refractivity contribution in [2.75, 3.05) is 0 Å². The monoisotopic (exact) mass is 280 g/mol. The van der Waals surface area contributed by atoms with Crippen molar-refractivity contribution in [3.8, 4) is 0 Å².